The summed E-state index contributed by atoms with van der Waals surface area (Å²) >= 11 is 0. The maximum Gasteiger partial charge on any atom is 0.180 e. The van der Waals surface area contributed by atoms with Crippen LogP contribution >= 0.6 is 0 Å². The molecule has 0 fully saturated rings. The van der Waals surface area contributed by atoms with Crippen molar-refractivity contribution in [3.05, 3.63) is 34.6 Å². The number of aliphatic hydroxyl groups is 1. The molecular weight excluding hydrogens is 441 g/mol. The van der Waals surface area contributed by atoms with Crippen molar-refractivity contribution in [2.24, 2.45) is 0 Å². The Hall–Kier alpha value is -1.48. The van der Waals surface area contributed by atoms with E-state index in [-0.39, 0.29) is 6.61 Å². The number of unbranched alkanes of at least 4 members (excludes halogenated alkanes) is 15. The smallest absolute Gasteiger partial charge is 0.180 e. The quantitative estimate of drug-likeness (QED) is 0.130. The van der Waals surface area contributed by atoms with Crippen LogP contribution < -0.4 is 0 Å². The molecule has 5 heteroatoms. The highest BCUT2D eigenvalue weighted by Crippen LogP contribution is 2.17. The Bertz CT molecular complexity index is 704. The largest absolute Gasteiger partial charge is 0.369 e. The second kappa shape index (κ2) is 20.7. The number of benzene rings is 1. The van der Waals surface area contributed by atoms with E-state index in [0.29, 0.717) is 23.3 Å². The molecule has 0 saturated carbocycles. The van der Waals surface area contributed by atoms with Crippen molar-refractivity contribution < 1.29 is 19.0 Å². The highest BCUT2D eigenvalue weighted by molar-refractivity contribution is 5.40. The minimum absolute atomic E-state index is 0.118. The fraction of sp³-hybridized carbons (Fsp3) is 0.767. The molecular formula is C30H50FNO3. The number of hydrogen-bond acceptors (Lipinski definition) is 4. The molecule has 0 aliphatic carbocycles. The molecule has 1 rings (SSSR count). The van der Waals surface area contributed by atoms with Crippen LogP contribution in [-0.2, 0) is 16.1 Å². The molecule has 1 aromatic rings. The normalized spacial score (nSPS) is 13.0. The van der Waals surface area contributed by atoms with Gasteiger partial charge >= 0.3 is 0 Å². The molecule has 1 N–H and O–H groups in total. The third-order valence-electron chi connectivity index (χ3n) is 6.73. The lowest BCUT2D eigenvalue weighted by Gasteiger charge is -2.20. The van der Waals surface area contributed by atoms with Gasteiger partial charge in [-0.1, -0.05) is 103 Å². The SMILES string of the molecule is CCCCCCCCCCCCCCCCCCO[C@H](O)[C@H](C)OCc1cc(F)c(C)c(C#N)c1. The Morgan fingerprint density at radius 3 is 1.80 bits per heavy atom. The van der Waals surface area contributed by atoms with E-state index in [2.05, 4.69) is 6.92 Å². The number of ether oxygens (including phenoxy) is 2. The van der Waals surface area contributed by atoms with E-state index in [1.165, 1.54) is 96.0 Å². The second-order valence-corrected chi connectivity index (χ2v) is 9.94. The van der Waals surface area contributed by atoms with Gasteiger partial charge in [0.1, 0.15) is 11.9 Å². The maximum absolute atomic E-state index is 13.9. The van der Waals surface area contributed by atoms with Gasteiger partial charge in [-0.05, 0) is 38.0 Å². The molecule has 0 bridgehead atoms. The van der Waals surface area contributed by atoms with Crippen LogP contribution in [0.15, 0.2) is 12.1 Å². The van der Waals surface area contributed by atoms with Gasteiger partial charge in [-0.3, -0.25) is 0 Å². The van der Waals surface area contributed by atoms with Crippen LogP contribution in [0, 0.1) is 24.1 Å². The van der Waals surface area contributed by atoms with E-state index in [1.54, 1.807) is 19.9 Å². The molecule has 0 aliphatic heterocycles. The number of aliphatic hydroxyl groups excluding tert-OH is 1. The van der Waals surface area contributed by atoms with E-state index in [4.69, 9.17) is 14.7 Å². The van der Waals surface area contributed by atoms with Crippen molar-refractivity contribution in [2.45, 2.75) is 143 Å². The van der Waals surface area contributed by atoms with Gasteiger partial charge in [-0.15, -0.1) is 0 Å². The monoisotopic (exact) mass is 491 g/mol. The van der Waals surface area contributed by atoms with Gasteiger partial charge < -0.3 is 14.6 Å². The van der Waals surface area contributed by atoms with Crippen molar-refractivity contribution in [1.82, 2.24) is 0 Å². The minimum Gasteiger partial charge on any atom is -0.369 e. The second-order valence-electron chi connectivity index (χ2n) is 9.94. The van der Waals surface area contributed by atoms with Crippen LogP contribution in [0.3, 0.4) is 0 Å². The molecule has 2 atom stereocenters. The van der Waals surface area contributed by atoms with Gasteiger partial charge in [0.05, 0.1) is 18.2 Å². The van der Waals surface area contributed by atoms with Gasteiger partial charge in [0.15, 0.2) is 6.29 Å². The average molecular weight is 492 g/mol. The van der Waals surface area contributed by atoms with E-state index in [9.17, 15) is 9.50 Å². The number of nitriles is 1. The van der Waals surface area contributed by atoms with Crippen LogP contribution in [0.25, 0.3) is 0 Å². The predicted molar refractivity (Wildman–Crippen MR) is 142 cm³/mol. The Morgan fingerprint density at radius 2 is 1.31 bits per heavy atom. The molecule has 0 radical (unpaired) electrons. The lowest BCUT2D eigenvalue weighted by atomic mass is 10.0. The summed E-state index contributed by atoms with van der Waals surface area (Å²) < 4.78 is 25.0. The Morgan fingerprint density at radius 1 is 0.829 bits per heavy atom. The first kappa shape index (κ1) is 31.5. The first-order valence-corrected chi connectivity index (χ1v) is 14.1. The highest BCUT2D eigenvalue weighted by Gasteiger charge is 2.16. The number of nitrogens with zero attached hydrogens (tertiary/aromatic N) is 1. The van der Waals surface area contributed by atoms with E-state index < -0.39 is 18.2 Å². The van der Waals surface area contributed by atoms with Crippen LogP contribution in [-0.4, -0.2) is 24.1 Å². The summed E-state index contributed by atoms with van der Waals surface area (Å²) in [5.74, 6) is -0.421. The Kier molecular flexibility index (Phi) is 18.6. The van der Waals surface area contributed by atoms with E-state index in [1.807, 2.05) is 6.07 Å². The van der Waals surface area contributed by atoms with Gasteiger partial charge in [0.2, 0.25) is 0 Å². The summed E-state index contributed by atoms with van der Waals surface area (Å²) in [6.45, 7) is 6.20. The zero-order valence-electron chi connectivity index (χ0n) is 22.6. The zero-order valence-corrected chi connectivity index (χ0v) is 22.6. The molecule has 200 valence electrons. The summed E-state index contributed by atoms with van der Waals surface area (Å²) in [6, 6.07) is 4.98. The number of hydrogen-bond donors (Lipinski definition) is 1. The van der Waals surface area contributed by atoms with Crippen LogP contribution in [0.2, 0.25) is 0 Å². The molecule has 0 unspecified atom stereocenters. The summed E-state index contributed by atoms with van der Waals surface area (Å²) in [6.07, 6.45) is 19.6. The molecule has 1 aromatic carbocycles. The third kappa shape index (κ3) is 15.3. The Labute approximate surface area is 214 Å². The standard InChI is InChI=1S/C30H50FNO3/c1-4-5-6-7-8-9-10-11-12-13-14-15-16-17-18-19-20-34-30(33)26(3)35-24-27-21-28(23-32)25(2)29(31)22-27/h21-22,26,30,33H,4-20,24H2,1-3H3/t26-,30-/m0/s1. The molecule has 0 spiro atoms. The van der Waals surface area contributed by atoms with Crippen molar-refractivity contribution in [3.8, 4) is 6.07 Å². The molecule has 0 aliphatic rings. The maximum atomic E-state index is 13.9. The lowest BCUT2D eigenvalue weighted by Crippen LogP contribution is -2.29. The van der Waals surface area contributed by atoms with Crippen LogP contribution in [0.4, 0.5) is 4.39 Å². The topological polar surface area (TPSA) is 62.5 Å². The minimum atomic E-state index is -1.02. The summed E-state index contributed by atoms with van der Waals surface area (Å²) in [5.41, 5.74) is 1.21. The summed E-state index contributed by atoms with van der Waals surface area (Å²) in [7, 11) is 0. The van der Waals surface area contributed by atoms with Gasteiger partial charge in [0.25, 0.3) is 0 Å². The van der Waals surface area contributed by atoms with Gasteiger partial charge in [-0.2, -0.15) is 5.26 Å². The van der Waals surface area contributed by atoms with Crippen molar-refractivity contribution >= 4 is 0 Å². The van der Waals surface area contributed by atoms with Crippen molar-refractivity contribution in [2.75, 3.05) is 6.61 Å². The third-order valence-corrected chi connectivity index (χ3v) is 6.73. The van der Waals surface area contributed by atoms with Gasteiger partial charge in [0, 0.05) is 12.2 Å². The highest BCUT2D eigenvalue weighted by atomic mass is 19.1. The molecule has 4 nitrogen and oxygen atoms in total. The van der Waals surface area contributed by atoms with E-state index in [0.717, 1.165) is 12.8 Å². The zero-order chi connectivity index (χ0) is 25.7. The van der Waals surface area contributed by atoms with Gasteiger partial charge in [-0.25, -0.2) is 4.39 Å². The van der Waals surface area contributed by atoms with Crippen LogP contribution in [0.5, 0.6) is 0 Å². The molecule has 0 saturated heterocycles. The first-order valence-electron chi connectivity index (χ1n) is 14.1. The fourth-order valence-corrected chi connectivity index (χ4v) is 4.23. The number of rotatable bonds is 22. The number of halogens is 1. The predicted octanol–water partition coefficient (Wildman–Crippen LogP) is 8.51. The van der Waals surface area contributed by atoms with Crippen molar-refractivity contribution in [3.63, 3.8) is 0 Å². The molecule has 35 heavy (non-hydrogen) atoms. The molecule has 0 aromatic heterocycles. The fourth-order valence-electron chi connectivity index (χ4n) is 4.23. The summed E-state index contributed by atoms with van der Waals surface area (Å²) in [4.78, 5) is 0. The average Bonchev–Trinajstić information content (AvgIpc) is 2.86. The Balaban J connectivity index is 1.95. The van der Waals surface area contributed by atoms with Crippen LogP contribution in [0.1, 0.15) is 133 Å². The summed E-state index contributed by atoms with van der Waals surface area (Å²) in [5, 5.41) is 19.2. The molecule has 0 amide bonds. The lowest BCUT2D eigenvalue weighted by molar-refractivity contribution is -0.176. The van der Waals surface area contributed by atoms with E-state index >= 15 is 0 Å². The van der Waals surface area contributed by atoms with Crippen molar-refractivity contribution in [1.29, 1.82) is 5.26 Å². The molecule has 0 heterocycles. The first-order chi connectivity index (χ1) is 17.0.